The topological polar surface area (TPSA) is 49.3 Å². The van der Waals surface area contributed by atoms with E-state index in [9.17, 15) is 9.90 Å². The fourth-order valence-corrected chi connectivity index (χ4v) is 2.32. The number of para-hydroxylation sites is 1. The van der Waals surface area contributed by atoms with Crippen LogP contribution in [0.15, 0.2) is 48.5 Å². The molecule has 2 aromatic carbocycles. The quantitative estimate of drug-likeness (QED) is 0.889. The van der Waals surface area contributed by atoms with Gasteiger partial charge in [0, 0.05) is 5.69 Å². The van der Waals surface area contributed by atoms with Crippen molar-refractivity contribution in [1.29, 1.82) is 0 Å². The molecule has 2 N–H and O–H groups in total. The highest BCUT2D eigenvalue weighted by molar-refractivity contribution is 5.84. The minimum Gasteiger partial charge on any atom is -0.479 e. The molecule has 0 fully saturated rings. The van der Waals surface area contributed by atoms with Gasteiger partial charge in [-0.2, -0.15) is 0 Å². The molecule has 0 saturated heterocycles. The number of aliphatic carboxylic acids is 1. The number of hydrogen-bond donors (Lipinski definition) is 2. The standard InChI is InChI=1S/C17H19NO2/c1-12-9-13(2)11-14(10-12)17(3,16(19)20)18-15-7-5-4-6-8-15/h4-11,18H,1-3H3,(H,19,20). The summed E-state index contributed by atoms with van der Waals surface area (Å²) in [5.74, 6) is -0.897. The summed E-state index contributed by atoms with van der Waals surface area (Å²) in [6.45, 7) is 5.64. The van der Waals surface area contributed by atoms with Crippen LogP contribution in [0, 0.1) is 13.8 Å². The van der Waals surface area contributed by atoms with E-state index in [0.29, 0.717) is 0 Å². The van der Waals surface area contributed by atoms with Gasteiger partial charge in [0.1, 0.15) is 0 Å². The van der Waals surface area contributed by atoms with Crippen molar-refractivity contribution in [3.05, 3.63) is 65.2 Å². The Balaban J connectivity index is 2.46. The van der Waals surface area contributed by atoms with Crippen LogP contribution in [-0.4, -0.2) is 11.1 Å². The van der Waals surface area contributed by atoms with E-state index in [1.54, 1.807) is 6.92 Å². The van der Waals surface area contributed by atoms with E-state index in [1.165, 1.54) is 0 Å². The van der Waals surface area contributed by atoms with Crippen LogP contribution in [0.5, 0.6) is 0 Å². The number of nitrogens with one attached hydrogen (secondary N) is 1. The number of benzene rings is 2. The number of carboxylic acids is 1. The first-order chi connectivity index (χ1) is 9.41. The maximum atomic E-state index is 11.8. The zero-order valence-corrected chi connectivity index (χ0v) is 12.0. The summed E-state index contributed by atoms with van der Waals surface area (Å²) in [5.41, 5.74) is 2.51. The second-order valence-electron chi connectivity index (χ2n) is 5.30. The van der Waals surface area contributed by atoms with Crippen LogP contribution in [0.4, 0.5) is 5.69 Å². The first kappa shape index (κ1) is 14.1. The number of anilines is 1. The summed E-state index contributed by atoms with van der Waals surface area (Å²) < 4.78 is 0. The summed E-state index contributed by atoms with van der Waals surface area (Å²) in [6.07, 6.45) is 0. The van der Waals surface area contributed by atoms with Crippen molar-refractivity contribution in [2.24, 2.45) is 0 Å². The molecule has 20 heavy (non-hydrogen) atoms. The SMILES string of the molecule is Cc1cc(C)cc(C(C)(Nc2ccccc2)C(=O)O)c1. The fraction of sp³-hybridized carbons (Fsp3) is 0.235. The van der Waals surface area contributed by atoms with Crippen molar-refractivity contribution in [2.45, 2.75) is 26.3 Å². The molecule has 0 bridgehead atoms. The van der Waals surface area contributed by atoms with Crippen LogP contribution in [0.1, 0.15) is 23.6 Å². The van der Waals surface area contributed by atoms with Gasteiger partial charge in [-0.25, -0.2) is 4.79 Å². The van der Waals surface area contributed by atoms with Gasteiger partial charge in [0.05, 0.1) is 0 Å². The molecule has 0 saturated carbocycles. The van der Waals surface area contributed by atoms with Gasteiger partial charge < -0.3 is 10.4 Å². The highest BCUT2D eigenvalue weighted by Gasteiger charge is 2.35. The van der Waals surface area contributed by atoms with Crippen molar-refractivity contribution >= 4 is 11.7 Å². The number of aryl methyl sites for hydroxylation is 2. The van der Waals surface area contributed by atoms with E-state index in [-0.39, 0.29) is 0 Å². The fourth-order valence-electron chi connectivity index (χ4n) is 2.32. The molecule has 3 nitrogen and oxygen atoms in total. The summed E-state index contributed by atoms with van der Waals surface area (Å²) in [6, 6.07) is 15.3. The van der Waals surface area contributed by atoms with Crippen LogP contribution in [0.25, 0.3) is 0 Å². The molecule has 0 aliphatic rings. The lowest BCUT2D eigenvalue weighted by Gasteiger charge is -2.28. The van der Waals surface area contributed by atoms with E-state index in [0.717, 1.165) is 22.4 Å². The van der Waals surface area contributed by atoms with E-state index >= 15 is 0 Å². The maximum absolute atomic E-state index is 11.8. The minimum atomic E-state index is -1.15. The lowest BCUT2D eigenvalue weighted by molar-refractivity contribution is -0.142. The number of hydrogen-bond acceptors (Lipinski definition) is 2. The predicted octanol–water partition coefficient (Wildman–Crippen LogP) is 3.72. The zero-order valence-electron chi connectivity index (χ0n) is 12.0. The molecule has 2 aromatic rings. The average molecular weight is 269 g/mol. The molecule has 104 valence electrons. The summed E-state index contributed by atoms with van der Waals surface area (Å²) in [4.78, 5) is 11.8. The molecular formula is C17H19NO2. The van der Waals surface area contributed by atoms with Gasteiger partial charge >= 0.3 is 5.97 Å². The third kappa shape index (κ3) is 2.82. The predicted molar refractivity (Wildman–Crippen MR) is 81.0 cm³/mol. The maximum Gasteiger partial charge on any atom is 0.333 e. The normalized spacial score (nSPS) is 13.6. The molecule has 1 atom stereocenters. The number of rotatable bonds is 4. The molecule has 0 radical (unpaired) electrons. The second kappa shape index (κ2) is 5.37. The molecule has 0 aliphatic heterocycles. The van der Waals surface area contributed by atoms with E-state index in [1.807, 2.05) is 62.4 Å². The minimum absolute atomic E-state index is 0.756. The van der Waals surface area contributed by atoms with Crippen molar-refractivity contribution in [3.63, 3.8) is 0 Å². The van der Waals surface area contributed by atoms with Gasteiger partial charge in [0.15, 0.2) is 5.54 Å². The summed E-state index contributed by atoms with van der Waals surface area (Å²) in [7, 11) is 0. The Hall–Kier alpha value is -2.29. The Bertz CT molecular complexity index is 602. The van der Waals surface area contributed by atoms with E-state index in [2.05, 4.69) is 5.32 Å². The first-order valence-electron chi connectivity index (χ1n) is 6.57. The number of carboxylic acid groups (broad SMARTS) is 1. The molecule has 0 spiro atoms. The zero-order chi connectivity index (χ0) is 14.8. The molecule has 2 rings (SSSR count). The van der Waals surface area contributed by atoms with Gasteiger partial charge in [-0.3, -0.25) is 0 Å². The average Bonchev–Trinajstić information content (AvgIpc) is 2.38. The molecular weight excluding hydrogens is 250 g/mol. The molecule has 0 amide bonds. The van der Waals surface area contributed by atoms with Crippen molar-refractivity contribution in [3.8, 4) is 0 Å². The van der Waals surface area contributed by atoms with Crippen molar-refractivity contribution in [2.75, 3.05) is 5.32 Å². The largest absolute Gasteiger partial charge is 0.479 e. The Morgan fingerprint density at radius 1 is 1.05 bits per heavy atom. The van der Waals surface area contributed by atoms with Gasteiger partial charge in [0.25, 0.3) is 0 Å². The van der Waals surface area contributed by atoms with Gasteiger partial charge in [-0.15, -0.1) is 0 Å². The lowest BCUT2D eigenvalue weighted by Crippen LogP contribution is -2.40. The number of carbonyl (C=O) groups is 1. The Labute approximate surface area is 119 Å². The Morgan fingerprint density at radius 2 is 1.60 bits per heavy atom. The van der Waals surface area contributed by atoms with E-state index < -0.39 is 11.5 Å². The highest BCUT2D eigenvalue weighted by Crippen LogP contribution is 2.28. The van der Waals surface area contributed by atoms with Gasteiger partial charge in [-0.05, 0) is 38.5 Å². The molecule has 0 heterocycles. The Morgan fingerprint density at radius 3 is 2.10 bits per heavy atom. The second-order valence-corrected chi connectivity index (χ2v) is 5.30. The van der Waals surface area contributed by atoms with Crippen LogP contribution in [0.2, 0.25) is 0 Å². The molecule has 3 heteroatoms. The smallest absolute Gasteiger partial charge is 0.333 e. The Kier molecular flexibility index (Phi) is 3.79. The molecule has 0 aliphatic carbocycles. The van der Waals surface area contributed by atoms with Crippen molar-refractivity contribution < 1.29 is 9.90 Å². The summed E-state index contributed by atoms with van der Waals surface area (Å²) in [5, 5.41) is 12.8. The summed E-state index contributed by atoms with van der Waals surface area (Å²) >= 11 is 0. The van der Waals surface area contributed by atoms with Crippen LogP contribution >= 0.6 is 0 Å². The molecule has 1 unspecified atom stereocenters. The van der Waals surface area contributed by atoms with Crippen LogP contribution in [-0.2, 0) is 10.3 Å². The molecule has 0 aromatic heterocycles. The van der Waals surface area contributed by atoms with Gasteiger partial charge in [0.2, 0.25) is 0 Å². The van der Waals surface area contributed by atoms with Crippen LogP contribution < -0.4 is 5.32 Å². The third-order valence-electron chi connectivity index (χ3n) is 3.39. The van der Waals surface area contributed by atoms with Gasteiger partial charge in [-0.1, -0.05) is 47.5 Å². The third-order valence-corrected chi connectivity index (χ3v) is 3.39. The van der Waals surface area contributed by atoms with Crippen LogP contribution in [0.3, 0.4) is 0 Å². The highest BCUT2D eigenvalue weighted by atomic mass is 16.4. The van der Waals surface area contributed by atoms with Crippen molar-refractivity contribution in [1.82, 2.24) is 0 Å². The van der Waals surface area contributed by atoms with E-state index in [4.69, 9.17) is 0 Å². The lowest BCUT2D eigenvalue weighted by atomic mass is 9.89. The monoisotopic (exact) mass is 269 g/mol. The first-order valence-corrected chi connectivity index (χ1v) is 6.57.